The number of phenols is 1. The molecule has 3 aromatic carbocycles. The van der Waals surface area contributed by atoms with Crippen molar-refractivity contribution in [2.75, 3.05) is 6.54 Å². The zero-order chi connectivity index (χ0) is 26.2. The van der Waals surface area contributed by atoms with Crippen LogP contribution in [-0.4, -0.2) is 49.5 Å². The van der Waals surface area contributed by atoms with Gasteiger partial charge < -0.3 is 15.5 Å². The summed E-state index contributed by atoms with van der Waals surface area (Å²) in [4.78, 5) is 32.0. The van der Waals surface area contributed by atoms with Gasteiger partial charge in [0.2, 0.25) is 0 Å². The third-order valence-electron chi connectivity index (χ3n) is 5.50. The molecule has 1 aliphatic rings. The number of carbonyl (C=O) groups excluding carboxylic acids is 1. The van der Waals surface area contributed by atoms with Gasteiger partial charge in [0.1, 0.15) is 17.0 Å². The number of nitrogens with one attached hydrogen (secondary N) is 1. The number of phenolic OH excluding ortho intramolecular Hbond substituents is 1. The fraction of sp³-hybridized carbons (Fsp3) is 0.174. The minimum absolute atomic E-state index is 0.0239. The van der Waals surface area contributed by atoms with Crippen molar-refractivity contribution in [1.82, 2.24) is 15.1 Å². The highest BCUT2D eigenvalue weighted by atomic mass is 19.4. The van der Waals surface area contributed by atoms with E-state index in [1.165, 1.54) is 12.1 Å². The number of fused-ring (bicyclic) bond motifs is 5. The molecule has 0 spiro atoms. The summed E-state index contributed by atoms with van der Waals surface area (Å²) in [5.74, 6) is -2.88. The monoisotopic (exact) mass is 502 g/mol. The summed E-state index contributed by atoms with van der Waals surface area (Å²) in [7, 11) is 0. The standard InChI is InChI=1S/C21H16N4O4.C2HF3O2/c26-18-10-13-5-6-15-19(23-24-8-2-7-22-21(27)20(15)24)17(13)11-16(18)12-3-1-4-14(9-12)25(28)29;3-2(4,5)1(6)7/h1,3-6,9-11,26H,2,7-8H2,(H,22,27);(H,6,7). The molecule has 0 saturated heterocycles. The number of nitro groups is 1. The number of carbonyl (C=O) groups is 2. The van der Waals surface area contributed by atoms with E-state index in [1.807, 2.05) is 12.1 Å². The Morgan fingerprint density at radius 2 is 1.86 bits per heavy atom. The van der Waals surface area contributed by atoms with E-state index in [0.29, 0.717) is 35.4 Å². The minimum atomic E-state index is -5.08. The van der Waals surface area contributed by atoms with Gasteiger partial charge in [0.15, 0.2) is 0 Å². The molecule has 0 unspecified atom stereocenters. The van der Waals surface area contributed by atoms with Crippen LogP contribution in [0, 0.1) is 10.1 Å². The van der Waals surface area contributed by atoms with Gasteiger partial charge in [-0.05, 0) is 35.6 Å². The molecule has 0 fully saturated rings. The lowest BCUT2D eigenvalue weighted by atomic mass is 9.98. The smallest absolute Gasteiger partial charge is 0.490 e. The molecule has 186 valence electrons. The molecule has 2 heterocycles. The number of hydrogen-bond acceptors (Lipinski definition) is 6. The molecule has 0 radical (unpaired) electrons. The highest BCUT2D eigenvalue weighted by molar-refractivity contribution is 6.14. The topological polar surface area (TPSA) is 148 Å². The summed E-state index contributed by atoms with van der Waals surface area (Å²) in [6.45, 7) is 1.25. The second-order valence-electron chi connectivity index (χ2n) is 7.84. The average molecular weight is 502 g/mol. The van der Waals surface area contributed by atoms with Crippen LogP contribution in [0.2, 0.25) is 0 Å². The van der Waals surface area contributed by atoms with Gasteiger partial charge in [-0.25, -0.2) is 4.79 Å². The van der Waals surface area contributed by atoms with Crippen LogP contribution in [0.15, 0.2) is 48.5 Å². The van der Waals surface area contributed by atoms with E-state index < -0.39 is 17.1 Å². The maximum Gasteiger partial charge on any atom is 0.490 e. The molecule has 0 aliphatic carbocycles. The number of benzene rings is 3. The van der Waals surface area contributed by atoms with Gasteiger partial charge in [-0.15, -0.1) is 0 Å². The summed E-state index contributed by atoms with van der Waals surface area (Å²) in [6.07, 6.45) is -4.29. The minimum Gasteiger partial charge on any atom is -0.507 e. The molecular formula is C23H17F3N4O6. The number of rotatable bonds is 2. The molecule has 1 amide bonds. The second kappa shape index (κ2) is 9.17. The highest BCUT2D eigenvalue weighted by Crippen LogP contribution is 2.37. The Labute approximate surface area is 199 Å². The normalized spacial score (nSPS) is 13.4. The number of carboxylic acid groups (broad SMARTS) is 1. The van der Waals surface area contributed by atoms with Gasteiger partial charge in [-0.1, -0.05) is 18.2 Å². The number of carboxylic acids is 1. The number of aromatic hydroxyl groups is 1. The van der Waals surface area contributed by atoms with Crippen molar-refractivity contribution >= 4 is 39.2 Å². The molecule has 3 N–H and O–H groups in total. The zero-order valence-corrected chi connectivity index (χ0v) is 18.2. The molecule has 1 aromatic heterocycles. The van der Waals surface area contributed by atoms with Crippen molar-refractivity contribution in [1.29, 1.82) is 0 Å². The number of nitrogens with zero attached hydrogens (tertiary/aromatic N) is 3. The molecule has 0 saturated carbocycles. The lowest BCUT2D eigenvalue weighted by Crippen LogP contribution is -2.23. The number of aryl methyl sites for hydroxylation is 1. The molecule has 4 aromatic rings. The Kier molecular flexibility index (Phi) is 6.23. The molecule has 36 heavy (non-hydrogen) atoms. The van der Waals surface area contributed by atoms with Gasteiger partial charge in [-0.3, -0.25) is 19.6 Å². The second-order valence-corrected chi connectivity index (χ2v) is 7.84. The number of aliphatic carboxylic acids is 1. The first kappa shape index (κ1) is 24.4. The van der Waals surface area contributed by atoms with Crippen molar-refractivity contribution < 1.29 is 37.9 Å². The number of amides is 1. The van der Waals surface area contributed by atoms with E-state index in [4.69, 9.17) is 9.90 Å². The fourth-order valence-electron chi connectivity index (χ4n) is 3.89. The Bertz CT molecular complexity index is 1530. The summed E-state index contributed by atoms with van der Waals surface area (Å²) in [5, 5.41) is 38.6. The van der Waals surface area contributed by atoms with E-state index in [9.17, 15) is 33.2 Å². The van der Waals surface area contributed by atoms with Crippen molar-refractivity contribution in [2.45, 2.75) is 19.1 Å². The van der Waals surface area contributed by atoms with Gasteiger partial charge in [0.25, 0.3) is 11.6 Å². The van der Waals surface area contributed by atoms with Crippen LogP contribution in [0.1, 0.15) is 16.9 Å². The third-order valence-corrected chi connectivity index (χ3v) is 5.50. The predicted molar refractivity (Wildman–Crippen MR) is 122 cm³/mol. The van der Waals surface area contributed by atoms with Gasteiger partial charge >= 0.3 is 12.1 Å². The SMILES string of the molecule is O=C(O)C(F)(F)F.O=C1NCCCn2nc3c(ccc4cc(O)c(-c5cccc([N+](=O)[O-])c5)cc43)c21. The van der Waals surface area contributed by atoms with Crippen LogP contribution >= 0.6 is 0 Å². The summed E-state index contributed by atoms with van der Waals surface area (Å²) in [6, 6.07) is 13.2. The summed E-state index contributed by atoms with van der Waals surface area (Å²) >= 11 is 0. The number of halogens is 3. The number of alkyl halides is 3. The van der Waals surface area contributed by atoms with Crippen molar-refractivity contribution in [3.8, 4) is 16.9 Å². The zero-order valence-electron chi connectivity index (χ0n) is 18.2. The molecule has 13 heteroatoms. The van der Waals surface area contributed by atoms with E-state index in [-0.39, 0.29) is 17.3 Å². The molecule has 1 aliphatic heterocycles. The number of non-ortho nitro benzene ring substituents is 1. The first-order chi connectivity index (χ1) is 17.0. The molecule has 0 atom stereocenters. The maximum absolute atomic E-state index is 12.5. The van der Waals surface area contributed by atoms with E-state index in [0.717, 1.165) is 22.6 Å². The third kappa shape index (κ3) is 4.62. The lowest BCUT2D eigenvalue weighted by molar-refractivity contribution is -0.384. The van der Waals surface area contributed by atoms with E-state index >= 15 is 0 Å². The number of nitro benzene ring substituents is 1. The summed E-state index contributed by atoms with van der Waals surface area (Å²) < 4.78 is 33.5. The van der Waals surface area contributed by atoms with Crippen molar-refractivity contribution in [3.05, 3.63) is 64.3 Å². The first-order valence-corrected chi connectivity index (χ1v) is 10.5. The lowest BCUT2D eigenvalue weighted by Gasteiger charge is -2.08. The Balaban J connectivity index is 0.000000384. The van der Waals surface area contributed by atoms with Crippen molar-refractivity contribution in [3.63, 3.8) is 0 Å². The number of hydrogen-bond donors (Lipinski definition) is 3. The maximum atomic E-state index is 12.5. The van der Waals surface area contributed by atoms with Gasteiger partial charge in [0.05, 0.1) is 4.92 Å². The van der Waals surface area contributed by atoms with Gasteiger partial charge in [0, 0.05) is 41.6 Å². The fourth-order valence-corrected chi connectivity index (χ4v) is 3.89. The Hall–Kier alpha value is -4.68. The Morgan fingerprint density at radius 3 is 2.53 bits per heavy atom. The largest absolute Gasteiger partial charge is 0.507 e. The van der Waals surface area contributed by atoms with Crippen LogP contribution in [0.4, 0.5) is 18.9 Å². The molecule has 10 nitrogen and oxygen atoms in total. The van der Waals surface area contributed by atoms with Crippen LogP contribution in [0.3, 0.4) is 0 Å². The van der Waals surface area contributed by atoms with E-state index in [2.05, 4.69) is 10.4 Å². The van der Waals surface area contributed by atoms with Gasteiger partial charge in [-0.2, -0.15) is 18.3 Å². The van der Waals surface area contributed by atoms with Crippen LogP contribution in [-0.2, 0) is 11.3 Å². The van der Waals surface area contributed by atoms with Crippen LogP contribution < -0.4 is 5.32 Å². The Morgan fingerprint density at radius 1 is 1.14 bits per heavy atom. The quantitative estimate of drug-likeness (QED) is 0.274. The molecular weight excluding hydrogens is 485 g/mol. The molecule has 0 bridgehead atoms. The van der Waals surface area contributed by atoms with Crippen molar-refractivity contribution in [2.24, 2.45) is 0 Å². The molecule has 5 rings (SSSR count). The van der Waals surface area contributed by atoms with Crippen LogP contribution in [0.5, 0.6) is 5.75 Å². The highest BCUT2D eigenvalue weighted by Gasteiger charge is 2.38. The van der Waals surface area contributed by atoms with E-state index in [1.54, 1.807) is 28.9 Å². The predicted octanol–water partition coefficient (Wildman–Crippen LogP) is 4.24. The average Bonchev–Trinajstić information content (AvgIpc) is 3.10. The first-order valence-electron chi connectivity index (χ1n) is 10.5. The number of aromatic nitrogens is 2. The summed E-state index contributed by atoms with van der Waals surface area (Å²) in [5.41, 5.74) is 2.16. The van der Waals surface area contributed by atoms with Crippen LogP contribution in [0.25, 0.3) is 32.8 Å².